The van der Waals surface area contributed by atoms with Gasteiger partial charge in [0.2, 0.25) is 0 Å². The molecule has 0 heterocycles. The number of aliphatic hydroxyl groups is 1. The third-order valence-corrected chi connectivity index (χ3v) is 2.75. The predicted octanol–water partition coefficient (Wildman–Crippen LogP) is 2.18. The van der Waals surface area contributed by atoms with Crippen LogP contribution in [0.2, 0.25) is 0 Å². The van der Waals surface area contributed by atoms with E-state index in [0.29, 0.717) is 5.37 Å². The molecule has 74 valence electrons. The molecule has 2 N–H and O–H groups in total. The van der Waals surface area contributed by atoms with E-state index in [2.05, 4.69) is 19.2 Å². The lowest BCUT2D eigenvalue weighted by Crippen LogP contribution is -2.32. The highest BCUT2D eigenvalue weighted by atomic mass is 32.2. The molecule has 0 saturated carbocycles. The fourth-order valence-corrected chi connectivity index (χ4v) is 2.02. The van der Waals surface area contributed by atoms with Crippen LogP contribution >= 0.6 is 11.8 Å². The summed E-state index contributed by atoms with van der Waals surface area (Å²) in [6, 6.07) is 0. The Hall–Kier alpha value is 0.270. The summed E-state index contributed by atoms with van der Waals surface area (Å²) >= 11 is 1.87. The molecular weight excluding hydrogens is 170 g/mol. The summed E-state index contributed by atoms with van der Waals surface area (Å²) in [5.41, 5.74) is 0. The first-order chi connectivity index (χ1) is 5.66. The van der Waals surface area contributed by atoms with Crippen LogP contribution in [0.15, 0.2) is 0 Å². The van der Waals surface area contributed by atoms with E-state index in [1.54, 1.807) is 6.92 Å². The SMILES string of the molecule is CCCCCSC(C)NC(C)O. The Morgan fingerprint density at radius 1 is 1.33 bits per heavy atom. The molecule has 0 aliphatic rings. The number of rotatable bonds is 7. The minimum absolute atomic E-state index is 0.363. The molecule has 0 aromatic carbocycles. The third kappa shape index (κ3) is 8.37. The van der Waals surface area contributed by atoms with E-state index in [1.807, 2.05) is 11.8 Å². The van der Waals surface area contributed by atoms with Crippen molar-refractivity contribution < 1.29 is 5.11 Å². The van der Waals surface area contributed by atoms with Gasteiger partial charge in [-0.15, -0.1) is 11.8 Å². The molecule has 0 spiro atoms. The molecule has 0 saturated heterocycles. The second-order valence-electron chi connectivity index (χ2n) is 3.06. The van der Waals surface area contributed by atoms with Crippen molar-refractivity contribution in [3.8, 4) is 0 Å². The average molecular weight is 191 g/mol. The maximum atomic E-state index is 9.00. The molecule has 0 fully saturated rings. The molecule has 12 heavy (non-hydrogen) atoms. The van der Waals surface area contributed by atoms with Crippen LogP contribution in [0.5, 0.6) is 0 Å². The fourth-order valence-electron chi connectivity index (χ4n) is 1.000. The monoisotopic (exact) mass is 191 g/mol. The lowest BCUT2D eigenvalue weighted by Gasteiger charge is -2.15. The molecule has 0 rings (SSSR count). The quantitative estimate of drug-likeness (QED) is 0.478. The second kappa shape index (κ2) is 7.90. The average Bonchev–Trinajstić information content (AvgIpc) is 1.97. The Labute approximate surface area is 80.1 Å². The normalized spacial score (nSPS) is 16.0. The topological polar surface area (TPSA) is 32.3 Å². The van der Waals surface area contributed by atoms with Crippen molar-refractivity contribution in [2.24, 2.45) is 0 Å². The van der Waals surface area contributed by atoms with Crippen LogP contribution in [0.1, 0.15) is 40.0 Å². The maximum Gasteiger partial charge on any atom is 0.102 e. The van der Waals surface area contributed by atoms with Gasteiger partial charge in [-0.1, -0.05) is 19.8 Å². The summed E-state index contributed by atoms with van der Waals surface area (Å²) < 4.78 is 0. The summed E-state index contributed by atoms with van der Waals surface area (Å²) in [5.74, 6) is 1.19. The summed E-state index contributed by atoms with van der Waals surface area (Å²) in [4.78, 5) is 0. The van der Waals surface area contributed by atoms with Gasteiger partial charge >= 0.3 is 0 Å². The van der Waals surface area contributed by atoms with Crippen LogP contribution in [0.4, 0.5) is 0 Å². The summed E-state index contributed by atoms with van der Waals surface area (Å²) in [6.45, 7) is 6.05. The molecular formula is C9H21NOS. The second-order valence-corrected chi connectivity index (χ2v) is 4.51. The van der Waals surface area contributed by atoms with Crippen LogP contribution in [0.3, 0.4) is 0 Å². The van der Waals surface area contributed by atoms with Crippen molar-refractivity contribution in [1.29, 1.82) is 0 Å². The van der Waals surface area contributed by atoms with Gasteiger partial charge in [0.05, 0.1) is 5.37 Å². The Morgan fingerprint density at radius 2 is 2.00 bits per heavy atom. The van der Waals surface area contributed by atoms with E-state index in [9.17, 15) is 0 Å². The number of nitrogens with one attached hydrogen (secondary N) is 1. The van der Waals surface area contributed by atoms with Crippen LogP contribution in [0, 0.1) is 0 Å². The van der Waals surface area contributed by atoms with Gasteiger partial charge in [0.15, 0.2) is 0 Å². The molecule has 0 aromatic heterocycles. The van der Waals surface area contributed by atoms with Crippen LogP contribution in [-0.2, 0) is 0 Å². The number of unbranched alkanes of at least 4 members (excludes halogenated alkanes) is 2. The van der Waals surface area contributed by atoms with E-state index in [-0.39, 0.29) is 0 Å². The van der Waals surface area contributed by atoms with Crippen LogP contribution in [-0.4, -0.2) is 22.5 Å². The Balaban J connectivity index is 3.14. The van der Waals surface area contributed by atoms with Crippen molar-refractivity contribution in [1.82, 2.24) is 5.32 Å². The van der Waals surface area contributed by atoms with Gasteiger partial charge in [0, 0.05) is 0 Å². The lowest BCUT2D eigenvalue weighted by molar-refractivity contribution is 0.155. The van der Waals surface area contributed by atoms with Gasteiger partial charge in [-0.25, -0.2) is 0 Å². The van der Waals surface area contributed by atoms with Crippen molar-refractivity contribution in [3.05, 3.63) is 0 Å². The van der Waals surface area contributed by atoms with Crippen molar-refractivity contribution in [2.75, 3.05) is 5.75 Å². The first kappa shape index (κ1) is 12.3. The van der Waals surface area contributed by atoms with Crippen molar-refractivity contribution in [2.45, 2.75) is 51.6 Å². The van der Waals surface area contributed by atoms with E-state index in [1.165, 1.54) is 25.0 Å². The maximum absolute atomic E-state index is 9.00. The standard InChI is InChI=1S/C9H21NOS/c1-4-5-6-7-12-9(3)10-8(2)11/h8-11H,4-7H2,1-3H3. The first-order valence-corrected chi connectivity index (χ1v) is 5.77. The zero-order chi connectivity index (χ0) is 9.40. The molecule has 0 aliphatic carbocycles. The molecule has 0 radical (unpaired) electrons. The Kier molecular flexibility index (Phi) is 8.07. The van der Waals surface area contributed by atoms with E-state index in [0.717, 1.165) is 0 Å². The Morgan fingerprint density at radius 3 is 2.50 bits per heavy atom. The third-order valence-electron chi connectivity index (χ3n) is 1.59. The summed E-state index contributed by atoms with van der Waals surface area (Å²) in [5, 5.41) is 12.4. The van der Waals surface area contributed by atoms with Gasteiger partial charge < -0.3 is 5.11 Å². The summed E-state index contributed by atoms with van der Waals surface area (Å²) in [7, 11) is 0. The number of hydrogen-bond donors (Lipinski definition) is 2. The minimum Gasteiger partial charge on any atom is -0.379 e. The molecule has 0 bridgehead atoms. The van der Waals surface area contributed by atoms with Gasteiger partial charge in [-0.2, -0.15) is 0 Å². The molecule has 2 unspecified atom stereocenters. The highest BCUT2D eigenvalue weighted by molar-refractivity contribution is 7.99. The number of aliphatic hydroxyl groups excluding tert-OH is 1. The number of hydrogen-bond acceptors (Lipinski definition) is 3. The highest BCUT2D eigenvalue weighted by Gasteiger charge is 2.03. The summed E-state index contributed by atoms with van der Waals surface area (Å²) in [6.07, 6.45) is 3.49. The molecule has 2 atom stereocenters. The van der Waals surface area contributed by atoms with Gasteiger partial charge in [-0.3, -0.25) is 5.32 Å². The van der Waals surface area contributed by atoms with Gasteiger partial charge in [0.25, 0.3) is 0 Å². The molecule has 3 heteroatoms. The van der Waals surface area contributed by atoms with Crippen LogP contribution < -0.4 is 5.32 Å². The zero-order valence-corrected chi connectivity index (χ0v) is 9.16. The largest absolute Gasteiger partial charge is 0.379 e. The van der Waals surface area contributed by atoms with Crippen LogP contribution in [0.25, 0.3) is 0 Å². The molecule has 0 amide bonds. The lowest BCUT2D eigenvalue weighted by atomic mass is 10.3. The van der Waals surface area contributed by atoms with Gasteiger partial charge in [-0.05, 0) is 26.0 Å². The van der Waals surface area contributed by atoms with Gasteiger partial charge in [0.1, 0.15) is 6.23 Å². The van der Waals surface area contributed by atoms with E-state index in [4.69, 9.17) is 5.11 Å². The molecule has 0 aromatic rings. The van der Waals surface area contributed by atoms with E-state index >= 15 is 0 Å². The molecule has 0 aliphatic heterocycles. The number of thioether (sulfide) groups is 1. The zero-order valence-electron chi connectivity index (χ0n) is 8.34. The van der Waals surface area contributed by atoms with Crippen molar-refractivity contribution >= 4 is 11.8 Å². The minimum atomic E-state index is -0.390. The fraction of sp³-hybridized carbons (Fsp3) is 1.00. The first-order valence-electron chi connectivity index (χ1n) is 4.72. The predicted molar refractivity (Wildman–Crippen MR) is 56.3 cm³/mol. The molecule has 2 nitrogen and oxygen atoms in total. The Bertz CT molecular complexity index is 98.5. The van der Waals surface area contributed by atoms with Crippen molar-refractivity contribution in [3.63, 3.8) is 0 Å². The smallest absolute Gasteiger partial charge is 0.102 e. The highest BCUT2D eigenvalue weighted by Crippen LogP contribution is 2.11. The van der Waals surface area contributed by atoms with E-state index < -0.39 is 6.23 Å².